The molecule has 0 aliphatic carbocycles. The average Bonchev–Trinajstić information content (AvgIpc) is 2.24. The fourth-order valence-electron chi connectivity index (χ4n) is 2.85. The van der Waals surface area contributed by atoms with Crippen LogP contribution in [0, 0.1) is 11.3 Å². The van der Waals surface area contributed by atoms with Crippen molar-refractivity contribution in [2.75, 3.05) is 26.2 Å². The van der Waals surface area contributed by atoms with Crippen LogP contribution < -0.4 is 5.32 Å². The quantitative estimate of drug-likeness (QED) is 0.724. The van der Waals surface area contributed by atoms with Gasteiger partial charge in [-0.15, -0.1) is 0 Å². The molecule has 2 saturated heterocycles. The molecule has 2 fully saturated rings. The summed E-state index contributed by atoms with van der Waals surface area (Å²) in [5.74, 6) is 1.01. The number of nitrogens with zero attached hydrogens (tertiary/aromatic N) is 1. The smallest absolute Gasteiger partial charge is 0.249 e. The Kier molecular flexibility index (Phi) is 3.81. The molecule has 3 nitrogen and oxygen atoms in total. The summed E-state index contributed by atoms with van der Waals surface area (Å²) in [6.45, 7) is 12.6. The van der Waals surface area contributed by atoms with E-state index in [9.17, 15) is 4.79 Å². The molecule has 1 amide bonds. The molecule has 2 aliphatic rings. The van der Waals surface area contributed by atoms with Crippen LogP contribution in [0.25, 0.3) is 0 Å². The van der Waals surface area contributed by atoms with Gasteiger partial charge in [-0.2, -0.15) is 0 Å². The van der Waals surface area contributed by atoms with E-state index in [1.807, 2.05) is 11.8 Å². The molecule has 0 aromatic carbocycles. The molecule has 0 aromatic rings. The summed E-state index contributed by atoms with van der Waals surface area (Å²) in [7, 11) is 0. The van der Waals surface area contributed by atoms with Crippen LogP contribution in [-0.2, 0) is 4.79 Å². The number of carbonyl (C=O) groups is 1. The molecule has 0 atom stereocenters. The molecule has 0 spiro atoms. The normalized spacial score (nSPS) is 21.8. The van der Waals surface area contributed by atoms with E-state index in [4.69, 9.17) is 0 Å². The summed E-state index contributed by atoms with van der Waals surface area (Å²) < 4.78 is 0. The molecule has 18 heavy (non-hydrogen) atoms. The Morgan fingerprint density at radius 1 is 1.22 bits per heavy atom. The van der Waals surface area contributed by atoms with Crippen LogP contribution in [0.5, 0.6) is 0 Å². The molecular formula is C15H26N2O. The summed E-state index contributed by atoms with van der Waals surface area (Å²) >= 11 is 0. The van der Waals surface area contributed by atoms with Crippen LogP contribution in [0.4, 0.5) is 0 Å². The number of carbonyl (C=O) groups excluding carboxylic acids is 1. The van der Waals surface area contributed by atoms with Crippen molar-refractivity contribution in [1.82, 2.24) is 10.2 Å². The molecule has 0 saturated carbocycles. The third-order valence-corrected chi connectivity index (χ3v) is 4.53. The van der Waals surface area contributed by atoms with Crippen LogP contribution in [0.3, 0.4) is 0 Å². The summed E-state index contributed by atoms with van der Waals surface area (Å²) in [5, 5.41) is 3.20. The van der Waals surface area contributed by atoms with E-state index >= 15 is 0 Å². The second-order valence-electron chi connectivity index (χ2n) is 6.76. The highest BCUT2D eigenvalue weighted by atomic mass is 16.2. The van der Waals surface area contributed by atoms with E-state index in [2.05, 4.69) is 26.1 Å². The van der Waals surface area contributed by atoms with Gasteiger partial charge in [0, 0.05) is 31.8 Å². The van der Waals surface area contributed by atoms with Gasteiger partial charge in [0.2, 0.25) is 5.91 Å². The zero-order valence-corrected chi connectivity index (χ0v) is 12.2. The molecule has 0 aromatic heterocycles. The summed E-state index contributed by atoms with van der Waals surface area (Å²) in [6, 6.07) is 0. The van der Waals surface area contributed by atoms with Crippen molar-refractivity contribution in [1.29, 1.82) is 0 Å². The minimum Gasteiger partial charge on any atom is -0.339 e. The fraction of sp³-hybridized carbons (Fsp3) is 0.800. The monoisotopic (exact) mass is 250 g/mol. The van der Waals surface area contributed by atoms with Gasteiger partial charge in [-0.1, -0.05) is 20.8 Å². The highest BCUT2D eigenvalue weighted by molar-refractivity contribution is 5.94. The standard InChI is InChI=1S/C15H26N2O/c1-11(12-9-16-10-12)14(18)17-7-5-13(6-8-17)15(2,3)4/h13,16H,5-10H2,1-4H3. The topological polar surface area (TPSA) is 32.3 Å². The van der Waals surface area contributed by atoms with Gasteiger partial charge in [0.25, 0.3) is 0 Å². The maximum Gasteiger partial charge on any atom is 0.249 e. The zero-order valence-electron chi connectivity index (χ0n) is 12.2. The zero-order chi connectivity index (χ0) is 13.3. The summed E-state index contributed by atoms with van der Waals surface area (Å²) in [6.07, 6.45) is 2.30. The van der Waals surface area contributed by atoms with E-state index in [-0.39, 0.29) is 5.91 Å². The second-order valence-corrected chi connectivity index (χ2v) is 6.76. The number of piperidine rings is 1. The lowest BCUT2D eigenvalue weighted by atomic mass is 9.75. The Hall–Kier alpha value is -0.830. The third kappa shape index (κ3) is 2.77. The maximum absolute atomic E-state index is 12.3. The van der Waals surface area contributed by atoms with Gasteiger partial charge in [0.1, 0.15) is 0 Å². The number of hydrogen-bond donors (Lipinski definition) is 1. The highest BCUT2D eigenvalue weighted by Crippen LogP contribution is 2.34. The Labute approximate surface area is 111 Å². The van der Waals surface area contributed by atoms with Crippen molar-refractivity contribution < 1.29 is 4.79 Å². The number of amides is 1. The SMILES string of the molecule is CC(C(=O)N1CCC(C(C)(C)C)CC1)=C1CNC1. The molecule has 1 N–H and O–H groups in total. The first kappa shape index (κ1) is 13.6. The number of hydrogen-bond acceptors (Lipinski definition) is 2. The second kappa shape index (κ2) is 5.04. The van der Waals surface area contributed by atoms with E-state index in [1.54, 1.807) is 0 Å². The summed E-state index contributed by atoms with van der Waals surface area (Å²) in [5.41, 5.74) is 2.64. The van der Waals surface area contributed by atoms with E-state index < -0.39 is 0 Å². The Bertz CT molecular complexity index is 351. The van der Waals surface area contributed by atoms with Gasteiger partial charge in [-0.3, -0.25) is 4.79 Å². The van der Waals surface area contributed by atoms with Gasteiger partial charge in [-0.25, -0.2) is 0 Å². The molecule has 0 unspecified atom stereocenters. The third-order valence-electron chi connectivity index (χ3n) is 4.53. The van der Waals surface area contributed by atoms with Crippen molar-refractivity contribution >= 4 is 5.91 Å². The van der Waals surface area contributed by atoms with Crippen LogP contribution in [0.1, 0.15) is 40.5 Å². The van der Waals surface area contributed by atoms with Gasteiger partial charge < -0.3 is 10.2 Å². The van der Waals surface area contributed by atoms with E-state index in [1.165, 1.54) is 5.57 Å². The Balaban J connectivity index is 1.92. The molecule has 2 heterocycles. The van der Waals surface area contributed by atoms with Gasteiger partial charge >= 0.3 is 0 Å². The first-order valence-corrected chi connectivity index (χ1v) is 7.08. The molecule has 2 aliphatic heterocycles. The largest absolute Gasteiger partial charge is 0.339 e. The molecule has 102 valence electrons. The number of likely N-dealkylation sites (tertiary alicyclic amines) is 1. The predicted octanol–water partition coefficient (Wildman–Crippen LogP) is 2.19. The van der Waals surface area contributed by atoms with Crippen molar-refractivity contribution in [3.63, 3.8) is 0 Å². The highest BCUT2D eigenvalue weighted by Gasteiger charge is 2.31. The minimum atomic E-state index is 0.263. The molecule has 0 bridgehead atoms. The average molecular weight is 250 g/mol. The minimum absolute atomic E-state index is 0.263. The fourth-order valence-corrected chi connectivity index (χ4v) is 2.85. The Morgan fingerprint density at radius 3 is 2.17 bits per heavy atom. The van der Waals surface area contributed by atoms with E-state index in [0.29, 0.717) is 5.41 Å². The number of nitrogens with one attached hydrogen (secondary N) is 1. The Morgan fingerprint density at radius 2 is 1.78 bits per heavy atom. The van der Waals surface area contributed by atoms with Crippen molar-refractivity contribution in [2.45, 2.75) is 40.5 Å². The first-order valence-electron chi connectivity index (χ1n) is 7.08. The molecular weight excluding hydrogens is 224 g/mol. The van der Waals surface area contributed by atoms with Crippen LogP contribution in [-0.4, -0.2) is 37.0 Å². The van der Waals surface area contributed by atoms with Crippen molar-refractivity contribution in [3.8, 4) is 0 Å². The van der Waals surface area contributed by atoms with E-state index in [0.717, 1.165) is 50.5 Å². The summed E-state index contributed by atoms with van der Waals surface area (Å²) in [4.78, 5) is 14.4. The van der Waals surface area contributed by atoms with Gasteiger partial charge in [0.05, 0.1) is 0 Å². The predicted molar refractivity (Wildman–Crippen MR) is 74.3 cm³/mol. The van der Waals surface area contributed by atoms with Crippen LogP contribution >= 0.6 is 0 Å². The lowest BCUT2D eigenvalue weighted by Crippen LogP contribution is -2.43. The van der Waals surface area contributed by atoms with Gasteiger partial charge in [-0.05, 0) is 36.7 Å². The van der Waals surface area contributed by atoms with Crippen molar-refractivity contribution in [2.24, 2.45) is 11.3 Å². The van der Waals surface area contributed by atoms with Gasteiger partial charge in [0.15, 0.2) is 0 Å². The molecule has 0 radical (unpaired) electrons. The maximum atomic E-state index is 12.3. The number of rotatable bonds is 1. The lowest BCUT2D eigenvalue weighted by Gasteiger charge is -2.39. The molecule has 2 rings (SSSR count). The van der Waals surface area contributed by atoms with Crippen LogP contribution in [0.15, 0.2) is 11.1 Å². The van der Waals surface area contributed by atoms with Crippen LogP contribution in [0.2, 0.25) is 0 Å². The lowest BCUT2D eigenvalue weighted by molar-refractivity contribution is -0.129. The molecule has 3 heteroatoms. The first-order chi connectivity index (χ1) is 8.39. The van der Waals surface area contributed by atoms with Crippen molar-refractivity contribution in [3.05, 3.63) is 11.1 Å².